The summed E-state index contributed by atoms with van der Waals surface area (Å²) in [6, 6.07) is 12.4. The Labute approximate surface area is 117 Å². The minimum Gasteiger partial charge on any atom is -0.744 e. The van der Waals surface area contributed by atoms with Gasteiger partial charge in [0.05, 0.1) is 10.3 Å². The van der Waals surface area contributed by atoms with E-state index in [1.54, 1.807) is 6.07 Å². The van der Waals surface area contributed by atoms with Gasteiger partial charge in [0.25, 0.3) is 0 Å². The molecule has 0 atom stereocenters. The summed E-state index contributed by atoms with van der Waals surface area (Å²) in [5.41, 5.74) is 2.93. The van der Waals surface area contributed by atoms with Crippen LogP contribution >= 0.6 is 0 Å². The van der Waals surface area contributed by atoms with E-state index < -0.39 is 10.1 Å². The van der Waals surface area contributed by atoms with Crippen LogP contribution in [0.1, 0.15) is 5.56 Å². The average molecular weight is 287 g/mol. The number of rotatable bonds is 1. The fourth-order valence-corrected chi connectivity index (χ4v) is 3.12. The Kier molecular flexibility index (Phi) is 2.77. The van der Waals surface area contributed by atoms with Crippen LogP contribution in [-0.2, 0) is 17.2 Å². The number of aromatic nitrogens is 1. The zero-order valence-electron chi connectivity index (χ0n) is 11.1. The van der Waals surface area contributed by atoms with Gasteiger partial charge in [-0.15, -0.1) is 0 Å². The lowest BCUT2D eigenvalue weighted by atomic mass is 10.0. The van der Waals surface area contributed by atoms with Gasteiger partial charge < -0.3 is 4.55 Å². The van der Waals surface area contributed by atoms with Gasteiger partial charge in [0, 0.05) is 17.5 Å². The maximum Gasteiger partial charge on any atom is 0.213 e. The fraction of sp³-hybridized carbons (Fsp3) is 0.133. The molecule has 4 nitrogen and oxygen atoms in total. The molecule has 0 aliphatic carbocycles. The quantitative estimate of drug-likeness (QED) is 0.391. The minimum atomic E-state index is -4.44. The molecule has 0 fully saturated rings. The van der Waals surface area contributed by atoms with Crippen molar-refractivity contribution in [2.45, 2.75) is 11.8 Å². The van der Waals surface area contributed by atoms with Crippen molar-refractivity contribution in [1.29, 1.82) is 0 Å². The highest BCUT2D eigenvalue weighted by Gasteiger charge is 2.16. The summed E-state index contributed by atoms with van der Waals surface area (Å²) >= 11 is 0. The topological polar surface area (TPSA) is 61.1 Å². The van der Waals surface area contributed by atoms with Crippen LogP contribution in [0.4, 0.5) is 0 Å². The third-order valence-electron chi connectivity index (χ3n) is 3.69. The minimum absolute atomic E-state index is 0.191. The first-order valence-electron chi connectivity index (χ1n) is 6.16. The zero-order chi connectivity index (χ0) is 14.5. The average Bonchev–Trinajstić information content (AvgIpc) is 2.43. The maximum atomic E-state index is 11.2. The predicted molar refractivity (Wildman–Crippen MR) is 75.3 cm³/mol. The van der Waals surface area contributed by atoms with Crippen molar-refractivity contribution < 1.29 is 17.5 Å². The Hall–Kier alpha value is -1.98. The van der Waals surface area contributed by atoms with Crippen LogP contribution in [0.25, 0.3) is 21.8 Å². The van der Waals surface area contributed by atoms with Crippen molar-refractivity contribution in [2.24, 2.45) is 7.05 Å². The number of hydrogen-bond donors (Lipinski definition) is 0. The highest BCUT2D eigenvalue weighted by molar-refractivity contribution is 7.85. The standard InChI is InChI=1S/C15H13NO3S/c1-10-12-5-3-4-6-14(12)16(2)15-8-7-11(9-13(10)15)20(17,18)19/h3-9H,1-2H3. The summed E-state index contributed by atoms with van der Waals surface area (Å²) in [6.07, 6.45) is 0. The second kappa shape index (κ2) is 4.26. The molecule has 0 aliphatic heterocycles. The molecule has 2 aromatic carbocycles. The van der Waals surface area contributed by atoms with E-state index in [4.69, 9.17) is 0 Å². The number of fused-ring (bicyclic) bond motifs is 2. The summed E-state index contributed by atoms with van der Waals surface area (Å²) in [5, 5.41) is 1.83. The first-order valence-corrected chi connectivity index (χ1v) is 7.57. The van der Waals surface area contributed by atoms with Crippen LogP contribution in [0.3, 0.4) is 0 Å². The SMILES string of the molecule is Cc1c2ccccc2[n+](C)c2ccc(S(=O)(=O)[O-])cc12. The number of para-hydroxylation sites is 1. The van der Waals surface area contributed by atoms with Crippen LogP contribution in [0.2, 0.25) is 0 Å². The molecule has 1 aromatic heterocycles. The van der Waals surface area contributed by atoms with Crippen molar-refractivity contribution in [2.75, 3.05) is 0 Å². The van der Waals surface area contributed by atoms with Crippen LogP contribution in [-0.4, -0.2) is 13.0 Å². The molecule has 0 radical (unpaired) electrons. The van der Waals surface area contributed by atoms with Crippen molar-refractivity contribution in [3.05, 3.63) is 48.0 Å². The lowest BCUT2D eigenvalue weighted by Crippen LogP contribution is -2.30. The van der Waals surface area contributed by atoms with E-state index in [0.717, 1.165) is 27.4 Å². The number of aryl methyl sites for hydroxylation is 2. The van der Waals surface area contributed by atoms with E-state index in [1.165, 1.54) is 12.1 Å². The summed E-state index contributed by atoms with van der Waals surface area (Å²) in [7, 11) is -2.51. The molecule has 1 heterocycles. The molecule has 20 heavy (non-hydrogen) atoms. The number of pyridine rings is 1. The van der Waals surface area contributed by atoms with Crippen molar-refractivity contribution >= 4 is 31.9 Å². The monoisotopic (exact) mass is 287 g/mol. The Bertz CT molecular complexity index is 946. The first-order chi connectivity index (χ1) is 9.39. The molecule has 0 N–H and O–H groups in total. The van der Waals surface area contributed by atoms with Gasteiger partial charge in [-0.05, 0) is 30.7 Å². The fourth-order valence-electron chi connectivity index (χ4n) is 2.62. The van der Waals surface area contributed by atoms with Gasteiger partial charge in [-0.25, -0.2) is 8.42 Å². The van der Waals surface area contributed by atoms with Gasteiger partial charge in [0.15, 0.2) is 0 Å². The van der Waals surface area contributed by atoms with Crippen LogP contribution in [0.5, 0.6) is 0 Å². The lowest BCUT2D eigenvalue weighted by Gasteiger charge is -2.10. The number of hydrogen-bond acceptors (Lipinski definition) is 3. The van der Waals surface area contributed by atoms with Gasteiger partial charge in [-0.2, -0.15) is 4.57 Å². The molecule has 0 spiro atoms. The highest BCUT2D eigenvalue weighted by Crippen LogP contribution is 2.25. The van der Waals surface area contributed by atoms with Gasteiger partial charge in [0.2, 0.25) is 11.0 Å². The van der Waals surface area contributed by atoms with Crippen molar-refractivity contribution in [1.82, 2.24) is 0 Å². The van der Waals surface area contributed by atoms with E-state index in [9.17, 15) is 13.0 Å². The second-order valence-corrected chi connectivity index (χ2v) is 6.21. The van der Waals surface area contributed by atoms with Crippen molar-refractivity contribution in [3.63, 3.8) is 0 Å². The number of nitrogens with zero attached hydrogens (tertiary/aromatic N) is 1. The van der Waals surface area contributed by atoms with E-state index in [-0.39, 0.29) is 4.90 Å². The van der Waals surface area contributed by atoms with Gasteiger partial charge in [0.1, 0.15) is 17.2 Å². The second-order valence-electron chi connectivity index (χ2n) is 4.83. The van der Waals surface area contributed by atoms with E-state index in [0.29, 0.717) is 0 Å². The molecule has 0 aliphatic rings. The molecular weight excluding hydrogens is 274 g/mol. The summed E-state index contributed by atoms with van der Waals surface area (Å²) in [4.78, 5) is -0.191. The molecule has 0 bridgehead atoms. The van der Waals surface area contributed by atoms with E-state index >= 15 is 0 Å². The predicted octanol–water partition coefficient (Wildman–Crippen LogP) is 2.03. The van der Waals surface area contributed by atoms with Crippen LogP contribution < -0.4 is 4.57 Å². The van der Waals surface area contributed by atoms with Gasteiger partial charge in [-0.1, -0.05) is 12.1 Å². The van der Waals surface area contributed by atoms with Crippen molar-refractivity contribution in [3.8, 4) is 0 Å². The Morgan fingerprint density at radius 3 is 2.35 bits per heavy atom. The maximum absolute atomic E-state index is 11.2. The smallest absolute Gasteiger partial charge is 0.213 e. The Balaban J connectivity index is 2.53. The molecule has 0 saturated heterocycles. The Morgan fingerprint density at radius 1 is 1.00 bits per heavy atom. The summed E-state index contributed by atoms with van der Waals surface area (Å²) in [6.45, 7) is 1.94. The van der Waals surface area contributed by atoms with Crippen LogP contribution in [0, 0.1) is 6.92 Å². The molecule has 3 aromatic rings. The van der Waals surface area contributed by atoms with Gasteiger partial charge in [-0.3, -0.25) is 0 Å². The first kappa shape index (κ1) is 13.0. The molecule has 5 heteroatoms. The molecule has 102 valence electrons. The molecule has 0 saturated carbocycles. The summed E-state index contributed by atoms with van der Waals surface area (Å²) < 4.78 is 35.5. The zero-order valence-corrected chi connectivity index (χ0v) is 11.9. The van der Waals surface area contributed by atoms with E-state index in [2.05, 4.69) is 0 Å². The molecule has 0 amide bonds. The van der Waals surface area contributed by atoms with Crippen LogP contribution in [0.15, 0.2) is 47.4 Å². The van der Waals surface area contributed by atoms with Gasteiger partial charge >= 0.3 is 0 Å². The third kappa shape index (κ3) is 1.87. The number of benzene rings is 2. The normalized spacial score (nSPS) is 12.2. The largest absolute Gasteiger partial charge is 0.744 e. The summed E-state index contributed by atoms with van der Waals surface area (Å²) in [5.74, 6) is 0. The Morgan fingerprint density at radius 2 is 1.65 bits per heavy atom. The lowest BCUT2D eigenvalue weighted by molar-refractivity contribution is -0.617. The molecule has 3 rings (SSSR count). The molecular formula is C15H13NO3S. The molecule has 0 unspecified atom stereocenters. The third-order valence-corrected chi connectivity index (χ3v) is 4.52. The van der Waals surface area contributed by atoms with E-state index in [1.807, 2.05) is 42.8 Å². The highest BCUT2D eigenvalue weighted by atomic mass is 32.2.